The summed E-state index contributed by atoms with van der Waals surface area (Å²) in [4.78, 5) is 11.2. The highest BCUT2D eigenvalue weighted by atomic mass is 19.2. The van der Waals surface area contributed by atoms with Gasteiger partial charge in [-0.2, -0.15) is 0 Å². The molecule has 6 nitrogen and oxygen atoms in total. The number of rotatable bonds is 7. The van der Waals surface area contributed by atoms with E-state index in [1.165, 1.54) is 6.07 Å². The van der Waals surface area contributed by atoms with Crippen LogP contribution >= 0.6 is 0 Å². The Morgan fingerprint density at radius 1 is 1.00 bits per heavy atom. The number of carboxylic acid groups (broad SMARTS) is 1. The van der Waals surface area contributed by atoms with Gasteiger partial charge in [0.2, 0.25) is 0 Å². The lowest BCUT2D eigenvalue weighted by molar-refractivity contribution is -0.137. The quantitative estimate of drug-likeness (QED) is 0.348. The molecule has 3 aromatic carbocycles. The molecule has 0 amide bonds. The van der Waals surface area contributed by atoms with Crippen molar-refractivity contribution >= 4 is 5.97 Å². The van der Waals surface area contributed by atoms with Crippen LogP contribution in [0.5, 0.6) is 17.2 Å². The Balaban J connectivity index is 1.29. The summed E-state index contributed by atoms with van der Waals surface area (Å²) < 4.78 is 53.9. The number of halogens is 2. The maximum absolute atomic E-state index is 15.3. The molecule has 3 aromatic rings. The highest BCUT2D eigenvalue weighted by molar-refractivity contribution is 5.77. The van der Waals surface area contributed by atoms with Crippen molar-refractivity contribution in [2.45, 2.75) is 64.1 Å². The Kier molecular flexibility index (Phi) is 7.13. The zero-order chi connectivity index (χ0) is 28.0. The van der Waals surface area contributed by atoms with E-state index in [-0.39, 0.29) is 30.6 Å². The van der Waals surface area contributed by atoms with E-state index >= 15 is 8.78 Å². The van der Waals surface area contributed by atoms with Gasteiger partial charge in [-0.05, 0) is 78.8 Å². The largest absolute Gasteiger partial charge is 0.492 e. The van der Waals surface area contributed by atoms with E-state index in [0.29, 0.717) is 43.1 Å². The molecule has 0 spiro atoms. The lowest BCUT2D eigenvalue weighted by Gasteiger charge is -2.24. The SMILES string of the molecule is Cc1cc(OC2CCOCC2)cc(C)c1-c1cc(F)c(F)c2c1CC[C@H]2Oc1ccc2c(c1)OC[C@H]2CC(=O)O. The van der Waals surface area contributed by atoms with E-state index in [0.717, 1.165) is 46.4 Å². The second kappa shape index (κ2) is 10.7. The van der Waals surface area contributed by atoms with Crippen LogP contribution in [-0.2, 0) is 16.0 Å². The zero-order valence-electron chi connectivity index (χ0n) is 22.6. The molecule has 0 saturated carbocycles. The maximum Gasteiger partial charge on any atom is 0.304 e. The monoisotopic (exact) mass is 550 g/mol. The second-order valence-corrected chi connectivity index (χ2v) is 10.9. The molecule has 0 radical (unpaired) electrons. The van der Waals surface area contributed by atoms with Crippen molar-refractivity contribution in [3.05, 3.63) is 75.8 Å². The van der Waals surface area contributed by atoms with Gasteiger partial charge in [0.1, 0.15) is 29.5 Å². The van der Waals surface area contributed by atoms with Crippen LogP contribution < -0.4 is 14.2 Å². The van der Waals surface area contributed by atoms with Crippen molar-refractivity contribution in [2.75, 3.05) is 19.8 Å². The minimum Gasteiger partial charge on any atom is -0.492 e. The van der Waals surface area contributed by atoms with Gasteiger partial charge in [0.15, 0.2) is 11.6 Å². The van der Waals surface area contributed by atoms with Gasteiger partial charge in [-0.15, -0.1) is 0 Å². The number of benzene rings is 3. The number of hydrogen-bond acceptors (Lipinski definition) is 5. The van der Waals surface area contributed by atoms with Crippen LogP contribution in [-0.4, -0.2) is 37.0 Å². The van der Waals surface area contributed by atoms with Gasteiger partial charge >= 0.3 is 5.97 Å². The molecule has 2 heterocycles. The van der Waals surface area contributed by atoms with Crippen molar-refractivity contribution in [1.82, 2.24) is 0 Å². The van der Waals surface area contributed by atoms with E-state index in [1.807, 2.05) is 26.0 Å². The summed E-state index contributed by atoms with van der Waals surface area (Å²) in [7, 11) is 0. The third kappa shape index (κ3) is 5.01. The summed E-state index contributed by atoms with van der Waals surface area (Å²) in [5, 5.41) is 9.15. The topological polar surface area (TPSA) is 74.2 Å². The van der Waals surface area contributed by atoms with E-state index in [9.17, 15) is 4.79 Å². The zero-order valence-corrected chi connectivity index (χ0v) is 22.6. The Morgan fingerprint density at radius 2 is 1.75 bits per heavy atom. The molecule has 0 unspecified atom stereocenters. The van der Waals surface area contributed by atoms with Gasteiger partial charge in [-0.25, -0.2) is 8.78 Å². The Hall–Kier alpha value is -3.65. The minimum atomic E-state index is -0.903. The van der Waals surface area contributed by atoms with Crippen LogP contribution in [0.4, 0.5) is 8.78 Å². The van der Waals surface area contributed by atoms with Crippen LogP contribution in [0.15, 0.2) is 36.4 Å². The molecule has 2 atom stereocenters. The van der Waals surface area contributed by atoms with Crippen molar-refractivity contribution < 1.29 is 37.6 Å². The third-order valence-electron chi connectivity index (χ3n) is 8.16. The lowest BCUT2D eigenvalue weighted by atomic mass is 9.90. The lowest BCUT2D eigenvalue weighted by Crippen LogP contribution is -2.25. The predicted molar refractivity (Wildman–Crippen MR) is 144 cm³/mol. The molecule has 1 fully saturated rings. The minimum absolute atomic E-state index is 0.0159. The second-order valence-electron chi connectivity index (χ2n) is 10.9. The summed E-state index contributed by atoms with van der Waals surface area (Å²) in [5.74, 6) is -1.08. The van der Waals surface area contributed by atoms with E-state index in [4.69, 9.17) is 24.1 Å². The molecule has 0 bridgehead atoms. The normalized spacial score (nSPS) is 20.1. The van der Waals surface area contributed by atoms with Gasteiger partial charge in [-0.3, -0.25) is 4.79 Å². The number of aliphatic carboxylic acids is 1. The van der Waals surface area contributed by atoms with Gasteiger partial charge in [0, 0.05) is 36.0 Å². The number of carboxylic acids is 1. The fourth-order valence-corrected chi connectivity index (χ4v) is 6.33. The van der Waals surface area contributed by atoms with Crippen LogP contribution in [0.1, 0.15) is 65.5 Å². The molecule has 40 heavy (non-hydrogen) atoms. The fourth-order valence-electron chi connectivity index (χ4n) is 6.33. The Labute approximate surface area is 231 Å². The summed E-state index contributed by atoms with van der Waals surface area (Å²) in [6.07, 6.45) is 2.18. The van der Waals surface area contributed by atoms with Crippen LogP contribution in [0.2, 0.25) is 0 Å². The first-order valence-corrected chi connectivity index (χ1v) is 13.8. The predicted octanol–water partition coefficient (Wildman–Crippen LogP) is 6.82. The molecule has 1 aliphatic carbocycles. The molecule has 8 heteroatoms. The highest BCUT2D eigenvalue weighted by Crippen LogP contribution is 2.46. The average Bonchev–Trinajstić information content (AvgIpc) is 3.51. The first-order valence-electron chi connectivity index (χ1n) is 13.8. The molecule has 6 rings (SSSR count). The molecule has 1 N–H and O–H groups in total. The van der Waals surface area contributed by atoms with Gasteiger partial charge in [0.05, 0.1) is 26.2 Å². The Morgan fingerprint density at radius 3 is 2.48 bits per heavy atom. The molecule has 3 aliphatic rings. The highest BCUT2D eigenvalue weighted by Gasteiger charge is 2.34. The molecular weight excluding hydrogens is 518 g/mol. The van der Waals surface area contributed by atoms with Crippen molar-refractivity contribution in [3.8, 4) is 28.4 Å². The number of ether oxygens (including phenoxy) is 4. The molecule has 0 aromatic heterocycles. The maximum atomic E-state index is 15.3. The molecule has 1 saturated heterocycles. The van der Waals surface area contributed by atoms with E-state index < -0.39 is 23.7 Å². The summed E-state index contributed by atoms with van der Waals surface area (Å²) >= 11 is 0. The first-order chi connectivity index (χ1) is 19.3. The van der Waals surface area contributed by atoms with Crippen molar-refractivity contribution in [1.29, 1.82) is 0 Å². The Bertz CT molecular complexity index is 1440. The number of aryl methyl sites for hydroxylation is 2. The standard InChI is InChI=1S/C32H32F2O6/c1-17-11-22(39-20-7-9-37-10-8-20)12-18(2)30(17)25-15-26(33)32(34)31-24(25)5-6-27(31)40-21-3-4-23-19(13-29(35)36)16-38-28(23)14-21/h3-4,11-12,14-15,19-20,27H,5-10,13,16H2,1-2H3,(H,35,36)/t19-,27-/m1/s1. The van der Waals surface area contributed by atoms with Gasteiger partial charge in [0.25, 0.3) is 0 Å². The van der Waals surface area contributed by atoms with Crippen molar-refractivity contribution in [3.63, 3.8) is 0 Å². The smallest absolute Gasteiger partial charge is 0.304 e. The summed E-state index contributed by atoms with van der Waals surface area (Å²) in [6, 6.07) is 10.5. The van der Waals surface area contributed by atoms with E-state index in [2.05, 4.69) is 0 Å². The van der Waals surface area contributed by atoms with Crippen LogP contribution in [0.25, 0.3) is 11.1 Å². The number of fused-ring (bicyclic) bond motifs is 2. The average molecular weight is 551 g/mol. The number of hydrogen-bond donors (Lipinski definition) is 1. The van der Waals surface area contributed by atoms with Gasteiger partial charge in [-0.1, -0.05) is 6.07 Å². The van der Waals surface area contributed by atoms with Crippen LogP contribution in [0, 0.1) is 25.5 Å². The fraction of sp³-hybridized carbons (Fsp3) is 0.406. The summed E-state index contributed by atoms with van der Waals surface area (Å²) in [6.45, 7) is 5.61. The van der Waals surface area contributed by atoms with Crippen LogP contribution in [0.3, 0.4) is 0 Å². The van der Waals surface area contributed by atoms with Gasteiger partial charge < -0.3 is 24.1 Å². The summed E-state index contributed by atoms with van der Waals surface area (Å²) in [5.41, 5.74) is 5.26. The molecular formula is C32H32F2O6. The number of carbonyl (C=O) groups is 1. The third-order valence-corrected chi connectivity index (χ3v) is 8.16. The first kappa shape index (κ1) is 26.6. The molecule has 210 valence electrons. The van der Waals surface area contributed by atoms with E-state index in [1.54, 1.807) is 18.2 Å². The molecule has 2 aliphatic heterocycles. The van der Waals surface area contributed by atoms with Crippen molar-refractivity contribution in [2.24, 2.45) is 0 Å².